The van der Waals surface area contributed by atoms with Crippen LogP contribution in [0, 0.1) is 12.8 Å². The summed E-state index contributed by atoms with van der Waals surface area (Å²) in [7, 11) is 0. The van der Waals surface area contributed by atoms with Gasteiger partial charge in [0.05, 0.1) is 12.2 Å². The number of fused-ring (bicyclic) bond motifs is 1. The number of aryl methyl sites for hydroxylation is 1. The van der Waals surface area contributed by atoms with Gasteiger partial charge >= 0.3 is 6.03 Å². The summed E-state index contributed by atoms with van der Waals surface area (Å²) in [5, 5.41) is 3.15. The van der Waals surface area contributed by atoms with E-state index in [9.17, 15) is 9.59 Å². The molecule has 1 aromatic carbocycles. The number of benzene rings is 1. The van der Waals surface area contributed by atoms with E-state index in [-0.39, 0.29) is 24.0 Å². The summed E-state index contributed by atoms with van der Waals surface area (Å²) in [5.74, 6) is 0.932. The summed E-state index contributed by atoms with van der Waals surface area (Å²) in [6.45, 7) is 9.91. The largest absolute Gasteiger partial charge is 0.486 e. The minimum atomic E-state index is 0.000735. The monoisotopic (exact) mass is 456 g/mol. The molecule has 33 heavy (non-hydrogen) atoms. The van der Waals surface area contributed by atoms with Gasteiger partial charge in [0.15, 0.2) is 0 Å². The first-order chi connectivity index (χ1) is 16.0. The highest BCUT2D eigenvalue weighted by Gasteiger charge is 2.34. The van der Waals surface area contributed by atoms with Gasteiger partial charge in [0.2, 0.25) is 5.91 Å². The number of anilines is 1. The standard InChI is InChI=1S/C26H40N4O3/c1-3-22-19-30(23-18-20(2)8-9-24(23)33-22)26(32)29-15-10-21(11-16-29)25(31)27-12-17-28-13-6-4-5-7-14-28/h8-9,18,21-22H,3-7,10-17,19H2,1-2H3,(H,27,31)/t22-/m0/s1. The molecular weight excluding hydrogens is 416 g/mol. The number of amides is 3. The maximum absolute atomic E-state index is 13.4. The minimum Gasteiger partial charge on any atom is -0.486 e. The molecule has 3 amide bonds. The summed E-state index contributed by atoms with van der Waals surface area (Å²) >= 11 is 0. The molecular formula is C26H40N4O3. The zero-order chi connectivity index (χ0) is 23.2. The van der Waals surface area contributed by atoms with Crippen molar-refractivity contribution in [3.05, 3.63) is 23.8 Å². The summed E-state index contributed by atoms with van der Waals surface area (Å²) in [5.41, 5.74) is 1.97. The average Bonchev–Trinajstić information content (AvgIpc) is 3.12. The Morgan fingerprint density at radius 2 is 1.79 bits per heavy atom. The van der Waals surface area contributed by atoms with Gasteiger partial charge in [0.25, 0.3) is 0 Å². The van der Waals surface area contributed by atoms with Crippen LogP contribution in [0.25, 0.3) is 0 Å². The molecule has 2 fully saturated rings. The smallest absolute Gasteiger partial charge is 0.324 e. The predicted molar refractivity (Wildman–Crippen MR) is 131 cm³/mol. The van der Waals surface area contributed by atoms with E-state index in [1.165, 1.54) is 25.7 Å². The lowest BCUT2D eigenvalue weighted by Crippen LogP contribution is -2.52. The second-order valence-electron chi connectivity index (χ2n) is 9.82. The molecule has 0 spiro atoms. The Bertz CT molecular complexity index is 814. The molecule has 0 saturated carbocycles. The number of nitrogens with zero attached hydrogens (tertiary/aromatic N) is 3. The molecule has 0 radical (unpaired) electrons. The normalized spacial score (nSPS) is 22.3. The summed E-state index contributed by atoms with van der Waals surface area (Å²) < 4.78 is 6.07. The van der Waals surface area contributed by atoms with E-state index in [4.69, 9.17) is 4.74 Å². The molecule has 0 aromatic heterocycles. The third-order valence-corrected chi connectivity index (χ3v) is 7.33. The average molecular weight is 457 g/mol. The molecule has 182 valence electrons. The molecule has 1 N–H and O–H groups in total. The summed E-state index contributed by atoms with van der Waals surface area (Å²) in [4.78, 5) is 32.4. The van der Waals surface area contributed by atoms with Crippen molar-refractivity contribution in [1.29, 1.82) is 0 Å². The van der Waals surface area contributed by atoms with Gasteiger partial charge in [-0.2, -0.15) is 0 Å². The van der Waals surface area contributed by atoms with Crippen LogP contribution in [-0.2, 0) is 4.79 Å². The SMILES string of the molecule is CC[C@H]1CN(C(=O)N2CCC(C(=O)NCCN3CCCCCC3)CC2)c2cc(C)ccc2O1. The fraction of sp³-hybridized carbons (Fsp3) is 0.692. The number of piperidine rings is 1. The first-order valence-corrected chi connectivity index (χ1v) is 12.9. The van der Waals surface area contributed by atoms with Crippen molar-refractivity contribution in [3.63, 3.8) is 0 Å². The van der Waals surface area contributed by atoms with Crippen LogP contribution in [-0.4, -0.2) is 73.7 Å². The second kappa shape index (κ2) is 11.2. The quantitative estimate of drug-likeness (QED) is 0.732. The lowest BCUT2D eigenvalue weighted by atomic mass is 9.96. The fourth-order valence-corrected chi connectivity index (χ4v) is 5.20. The molecule has 3 aliphatic heterocycles. The Labute approximate surface area is 198 Å². The van der Waals surface area contributed by atoms with Crippen LogP contribution in [0.1, 0.15) is 57.4 Å². The third-order valence-electron chi connectivity index (χ3n) is 7.33. The highest BCUT2D eigenvalue weighted by molar-refractivity contribution is 5.94. The maximum atomic E-state index is 13.4. The van der Waals surface area contributed by atoms with E-state index in [0.29, 0.717) is 19.6 Å². The van der Waals surface area contributed by atoms with Gasteiger partial charge in [0, 0.05) is 32.1 Å². The number of hydrogen-bond donors (Lipinski definition) is 1. The Hall–Kier alpha value is -2.28. The van der Waals surface area contributed by atoms with Crippen LogP contribution >= 0.6 is 0 Å². The topological polar surface area (TPSA) is 65.1 Å². The number of carbonyl (C=O) groups excluding carboxylic acids is 2. The lowest BCUT2D eigenvalue weighted by molar-refractivity contribution is -0.126. The zero-order valence-corrected chi connectivity index (χ0v) is 20.4. The summed E-state index contributed by atoms with van der Waals surface area (Å²) in [6, 6.07) is 6.05. The van der Waals surface area contributed by atoms with E-state index in [1.54, 1.807) is 0 Å². The van der Waals surface area contributed by atoms with Gasteiger partial charge in [-0.05, 0) is 69.8 Å². The number of urea groups is 1. The number of carbonyl (C=O) groups is 2. The molecule has 7 nitrogen and oxygen atoms in total. The van der Waals surface area contributed by atoms with Crippen LogP contribution in [0.5, 0.6) is 5.75 Å². The van der Waals surface area contributed by atoms with E-state index in [0.717, 1.165) is 62.4 Å². The summed E-state index contributed by atoms with van der Waals surface area (Å²) in [6.07, 6.45) is 7.52. The Balaban J connectivity index is 1.27. The van der Waals surface area contributed by atoms with Gasteiger partial charge in [-0.15, -0.1) is 0 Å². The number of rotatable bonds is 5. The molecule has 0 aliphatic carbocycles. The highest BCUT2D eigenvalue weighted by Crippen LogP contribution is 2.36. The molecule has 0 unspecified atom stereocenters. The molecule has 1 atom stereocenters. The molecule has 2 saturated heterocycles. The van der Waals surface area contributed by atoms with Crippen molar-refractivity contribution >= 4 is 17.6 Å². The van der Waals surface area contributed by atoms with Crippen LogP contribution in [0.2, 0.25) is 0 Å². The maximum Gasteiger partial charge on any atom is 0.324 e. The molecule has 4 rings (SSSR count). The Morgan fingerprint density at radius 1 is 1.06 bits per heavy atom. The number of hydrogen-bond acceptors (Lipinski definition) is 4. The molecule has 3 aliphatic rings. The van der Waals surface area contributed by atoms with Crippen LogP contribution in [0.3, 0.4) is 0 Å². The predicted octanol–water partition coefficient (Wildman–Crippen LogP) is 3.80. The van der Waals surface area contributed by atoms with E-state index < -0.39 is 0 Å². The van der Waals surface area contributed by atoms with Gasteiger partial charge < -0.3 is 19.9 Å². The first-order valence-electron chi connectivity index (χ1n) is 12.9. The Morgan fingerprint density at radius 3 is 2.48 bits per heavy atom. The lowest BCUT2D eigenvalue weighted by Gasteiger charge is -2.39. The van der Waals surface area contributed by atoms with Gasteiger partial charge in [-0.25, -0.2) is 4.79 Å². The fourth-order valence-electron chi connectivity index (χ4n) is 5.20. The van der Waals surface area contributed by atoms with Crippen LogP contribution < -0.4 is 15.0 Å². The third kappa shape index (κ3) is 5.99. The molecule has 7 heteroatoms. The van der Waals surface area contributed by atoms with Gasteiger partial charge in [0.1, 0.15) is 11.9 Å². The van der Waals surface area contributed by atoms with Crippen LogP contribution in [0.15, 0.2) is 18.2 Å². The van der Waals surface area contributed by atoms with Gasteiger partial charge in [-0.3, -0.25) is 9.69 Å². The van der Waals surface area contributed by atoms with Gasteiger partial charge in [-0.1, -0.05) is 25.8 Å². The zero-order valence-electron chi connectivity index (χ0n) is 20.4. The number of ether oxygens (including phenoxy) is 1. The van der Waals surface area contributed by atoms with Crippen molar-refractivity contribution in [3.8, 4) is 5.75 Å². The highest BCUT2D eigenvalue weighted by atomic mass is 16.5. The Kier molecular flexibility index (Phi) is 8.12. The van der Waals surface area contributed by atoms with E-state index in [2.05, 4.69) is 17.1 Å². The van der Waals surface area contributed by atoms with E-state index >= 15 is 0 Å². The van der Waals surface area contributed by atoms with Crippen molar-refractivity contribution in [2.75, 3.05) is 50.7 Å². The molecule has 1 aromatic rings. The molecule has 3 heterocycles. The second-order valence-corrected chi connectivity index (χ2v) is 9.82. The number of likely N-dealkylation sites (tertiary alicyclic amines) is 2. The van der Waals surface area contributed by atoms with Crippen molar-refractivity contribution in [2.45, 2.75) is 64.9 Å². The van der Waals surface area contributed by atoms with E-state index in [1.807, 2.05) is 34.9 Å². The van der Waals surface area contributed by atoms with Crippen molar-refractivity contribution < 1.29 is 14.3 Å². The minimum absolute atomic E-state index is 0.000735. The van der Waals surface area contributed by atoms with Crippen LogP contribution in [0.4, 0.5) is 10.5 Å². The van der Waals surface area contributed by atoms with Crippen molar-refractivity contribution in [2.24, 2.45) is 5.92 Å². The molecule has 0 bridgehead atoms. The first kappa shape index (κ1) is 23.9. The number of nitrogens with one attached hydrogen (secondary N) is 1. The van der Waals surface area contributed by atoms with Crippen molar-refractivity contribution in [1.82, 2.24) is 15.1 Å².